The van der Waals surface area contributed by atoms with Crippen molar-refractivity contribution in [1.82, 2.24) is 18.9 Å². The topological polar surface area (TPSA) is 115 Å². The molecule has 7 aromatic rings. The molecular weight excluding hydrogens is 669 g/mol. The number of benzene rings is 3. The number of aromatic nitrogens is 4. The Morgan fingerprint density at radius 2 is 1.32 bits per heavy atom. The van der Waals surface area contributed by atoms with Gasteiger partial charge in [0.05, 0.1) is 0 Å². The summed E-state index contributed by atoms with van der Waals surface area (Å²) >= 11 is 1.08. The predicted octanol–water partition coefficient (Wildman–Crippen LogP) is 6.58. The van der Waals surface area contributed by atoms with Gasteiger partial charge in [-0.3, -0.25) is 0 Å². The summed E-state index contributed by atoms with van der Waals surface area (Å²) in [6, 6.07) is 30.6. The first-order valence-electron chi connectivity index (χ1n) is 15.6. The Bertz CT molecular complexity index is 2090. The molecule has 0 aliphatic rings. The fourth-order valence-corrected chi connectivity index (χ4v) is 5.60. The molecule has 3 aromatic carbocycles. The second-order valence-electron chi connectivity index (χ2n) is 10.6. The standard InChI is InChI=1S/C21H17FN2O2S.C15H13FN2.C2H6O.Na.H2O/c1-2-19-13-16-11-17(15-7-6-8-18(22)12-15)14-23-21(16)24(19)27-26-25-20-9-4-3-5-10-20;1-2-14-8-11-6-12(9-17-15(11)18-14)10-4-3-5-13(16)7-10;1-2-3;;/h3-14H,2H2,1H3;3-9H,2H2,1H3,(H,17,18);3H,2H2,1H3;;1H2/q;;;+1;/p-1. The van der Waals surface area contributed by atoms with Crippen molar-refractivity contribution in [2.45, 2.75) is 33.6 Å². The van der Waals surface area contributed by atoms with E-state index in [1.807, 2.05) is 58.6 Å². The number of nitrogens with one attached hydrogen (secondary N) is 1. The summed E-state index contributed by atoms with van der Waals surface area (Å²) in [4.78, 5) is 17.5. The summed E-state index contributed by atoms with van der Waals surface area (Å²) in [6.07, 6.45) is 5.28. The van der Waals surface area contributed by atoms with Gasteiger partial charge in [-0.25, -0.2) is 22.7 Å². The first kappa shape index (κ1) is 40.4. The quantitative estimate of drug-likeness (QED) is 0.0794. The van der Waals surface area contributed by atoms with Crippen LogP contribution in [-0.2, 0) is 17.2 Å². The van der Waals surface area contributed by atoms with Gasteiger partial charge in [0.2, 0.25) is 0 Å². The molecule has 4 aromatic heterocycles. The first-order chi connectivity index (χ1) is 23.4. The van der Waals surface area contributed by atoms with Crippen molar-refractivity contribution < 1.29 is 58.1 Å². The molecule has 0 aliphatic carbocycles. The molecular formula is C38H37F2N4NaO4S. The second-order valence-corrected chi connectivity index (χ2v) is 11.3. The van der Waals surface area contributed by atoms with E-state index in [2.05, 4.69) is 40.9 Å². The second kappa shape index (κ2) is 19.9. The number of rotatable bonds is 8. The number of aromatic amines is 1. The average Bonchev–Trinajstić information content (AvgIpc) is 3.69. The fourth-order valence-electron chi connectivity index (χ4n) is 4.93. The minimum absolute atomic E-state index is 0. The Kier molecular flexibility index (Phi) is 16.1. The van der Waals surface area contributed by atoms with E-state index in [4.69, 9.17) is 14.3 Å². The van der Waals surface area contributed by atoms with Crippen LogP contribution < -0.4 is 34.4 Å². The molecule has 12 heteroatoms. The molecule has 0 amide bonds. The Morgan fingerprint density at radius 3 is 1.90 bits per heavy atom. The van der Waals surface area contributed by atoms with Crippen LogP contribution in [0.2, 0.25) is 0 Å². The van der Waals surface area contributed by atoms with Crippen molar-refractivity contribution >= 4 is 34.3 Å². The van der Waals surface area contributed by atoms with Gasteiger partial charge >= 0.3 is 29.6 Å². The normalized spacial score (nSPS) is 10.3. The number of nitrogens with zero attached hydrogens (tertiary/aromatic N) is 3. The minimum atomic E-state index is -0.263. The number of pyridine rings is 2. The van der Waals surface area contributed by atoms with Gasteiger partial charge in [-0.1, -0.05) is 60.6 Å². The van der Waals surface area contributed by atoms with Crippen LogP contribution in [0.15, 0.2) is 116 Å². The number of para-hydroxylation sites is 1. The van der Waals surface area contributed by atoms with Crippen molar-refractivity contribution in [3.05, 3.63) is 139 Å². The van der Waals surface area contributed by atoms with Gasteiger partial charge in [0, 0.05) is 52.3 Å². The molecule has 4 heterocycles. The molecule has 254 valence electrons. The molecule has 50 heavy (non-hydrogen) atoms. The van der Waals surface area contributed by atoms with E-state index in [-0.39, 0.29) is 53.3 Å². The summed E-state index contributed by atoms with van der Waals surface area (Å²) in [5, 5.41) is 9.60. The van der Waals surface area contributed by atoms with Crippen molar-refractivity contribution in [2.24, 2.45) is 0 Å². The third-order valence-electron chi connectivity index (χ3n) is 7.23. The predicted molar refractivity (Wildman–Crippen MR) is 191 cm³/mol. The third kappa shape index (κ3) is 10.5. The van der Waals surface area contributed by atoms with Crippen LogP contribution in [0, 0.1) is 11.6 Å². The van der Waals surface area contributed by atoms with Crippen molar-refractivity contribution in [2.75, 3.05) is 6.61 Å². The summed E-state index contributed by atoms with van der Waals surface area (Å²) in [7, 11) is 0. The molecule has 0 spiro atoms. The van der Waals surface area contributed by atoms with Gasteiger partial charge in [-0.05, 0) is 91.6 Å². The Labute approximate surface area is 316 Å². The Hall–Kier alpha value is -4.07. The fraction of sp³-hybridized carbons (Fsp3) is 0.158. The Balaban J connectivity index is 0.000000256. The zero-order valence-electron chi connectivity index (χ0n) is 28.3. The van der Waals surface area contributed by atoms with Crippen LogP contribution in [-0.4, -0.2) is 36.1 Å². The van der Waals surface area contributed by atoms with Gasteiger partial charge in [-0.15, -0.1) is 0 Å². The van der Waals surface area contributed by atoms with Crippen LogP contribution in [0.3, 0.4) is 0 Å². The van der Waals surface area contributed by atoms with Crippen LogP contribution in [0.25, 0.3) is 44.3 Å². The smallest absolute Gasteiger partial charge is 0.870 e. The number of H-pyrrole nitrogens is 1. The van der Waals surface area contributed by atoms with E-state index in [0.29, 0.717) is 5.75 Å². The Morgan fingerprint density at radius 1 is 0.720 bits per heavy atom. The third-order valence-corrected chi connectivity index (χ3v) is 7.92. The number of halogens is 2. The van der Waals surface area contributed by atoms with E-state index in [0.717, 1.165) is 80.8 Å². The maximum Gasteiger partial charge on any atom is 1.00 e. The number of aliphatic hydroxyl groups is 1. The van der Waals surface area contributed by atoms with E-state index < -0.39 is 0 Å². The van der Waals surface area contributed by atoms with Crippen LogP contribution in [0.4, 0.5) is 8.78 Å². The molecule has 7 rings (SSSR count). The van der Waals surface area contributed by atoms with E-state index >= 15 is 0 Å². The van der Waals surface area contributed by atoms with Gasteiger partial charge in [0.25, 0.3) is 0 Å². The minimum Gasteiger partial charge on any atom is -0.870 e. The van der Waals surface area contributed by atoms with Crippen LogP contribution in [0.1, 0.15) is 32.2 Å². The summed E-state index contributed by atoms with van der Waals surface area (Å²) in [5.41, 5.74) is 7.32. The zero-order chi connectivity index (χ0) is 33.9. The molecule has 0 radical (unpaired) electrons. The van der Waals surface area contributed by atoms with E-state index in [1.54, 1.807) is 31.5 Å². The van der Waals surface area contributed by atoms with E-state index in [9.17, 15) is 8.78 Å². The van der Waals surface area contributed by atoms with Gasteiger partial charge < -0.3 is 20.5 Å². The number of hydrogen-bond donors (Lipinski definition) is 2. The maximum atomic E-state index is 13.5. The molecule has 0 atom stereocenters. The van der Waals surface area contributed by atoms with Crippen molar-refractivity contribution in [3.8, 4) is 28.0 Å². The SMILES string of the molecule is CCO.CCc1cc2cc(-c3cccc(F)c3)cnc2[nH]1.CCc1cc2cc(-c3cccc(F)c3)cnc2n1SOOc1ccccc1.[Na+].[OH-]. The summed E-state index contributed by atoms with van der Waals surface area (Å²) in [6.45, 7) is 6.09. The molecule has 0 saturated carbocycles. The maximum absolute atomic E-state index is 13.5. The van der Waals surface area contributed by atoms with Gasteiger partial charge in [-0.2, -0.15) is 0 Å². The van der Waals surface area contributed by atoms with Crippen molar-refractivity contribution in [1.29, 1.82) is 0 Å². The monoisotopic (exact) mass is 706 g/mol. The molecule has 0 unspecified atom stereocenters. The average molecular weight is 707 g/mol. The van der Waals surface area contributed by atoms with Crippen LogP contribution in [0.5, 0.6) is 5.75 Å². The zero-order valence-corrected chi connectivity index (χ0v) is 31.1. The molecule has 0 saturated heterocycles. The molecule has 0 fully saturated rings. The summed E-state index contributed by atoms with van der Waals surface area (Å²) < 4.78 is 33.9. The number of aliphatic hydroxyl groups excluding tert-OH is 1. The molecule has 0 aliphatic heterocycles. The number of hydrogen-bond acceptors (Lipinski definition) is 7. The van der Waals surface area contributed by atoms with Gasteiger partial charge in [0.15, 0.2) is 23.6 Å². The number of fused-ring (bicyclic) bond motifs is 2. The van der Waals surface area contributed by atoms with Gasteiger partial charge in [0.1, 0.15) is 17.3 Å². The first-order valence-corrected chi connectivity index (χ1v) is 16.3. The molecule has 8 nitrogen and oxygen atoms in total. The molecule has 0 bridgehead atoms. The van der Waals surface area contributed by atoms with Crippen LogP contribution >= 0.6 is 12.2 Å². The number of aryl methyl sites for hydroxylation is 2. The summed E-state index contributed by atoms with van der Waals surface area (Å²) in [5.74, 6) is 0.137. The molecule has 3 N–H and O–H groups in total. The van der Waals surface area contributed by atoms with Crippen molar-refractivity contribution in [3.63, 3.8) is 0 Å². The van der Waals surface area contributed by atoms with E-state index in [1.165, 1.54) is 24.3 Å². The largest absolute Gasteiger partial charge is 1.00 e.